The molecule has 1 aliphatic heterocycles. The molecule has 1 N–H and O–H groups in total. The van der Waals surface area contributed by atoms with Crippen LogP contribution in [0.2, 0.25) is 5.02 Å². The second-order valence-electron chi connectivity index (χ2n) is 8.02. The van der Waals surface area contributed by atoms with Crippen molar-refractivity contribution in [1.29, 1.82) is 0 Å². The molecule has 0 unspecified atom stereocenters. The molecule has 196 valence electrons. The number of ether oxygens (including phenoxy) is 1. The van der Waals surface area contributed by atoms with E-state index in [-0.39, 0.29) is 39.3 Å². The highest BCUT2D eigenvalue weighted by molar-refractivity contribution is 8.18. The van der Waals surface area contributed by atoms with Crippen LogP contribution in [-0.2, 0) is 26.3 Å². The molecule has 0 aliphatic carbocycles. The Labute approximate surface area is 228 Å². The lowest BCUT2D eigenvalue weighted by atomic mass is 10.1. The van der Waals surface area contributed by atoms with Crippen molar-refractivity contribution in [3.05, 3.63) is 87.8 Å². The number of anilines is 1. The summed E-state index contributed by atoms with van der Waals surface area (Å²) < 4.78 is 36.9. The molecule has 0 atom stereocenters. The van der Waals surface area contributed by atoms with Gasteiger partial charge in [-0.2, -0.15) is 8.42 Å². The maximum Gasteiger partial charge on any atom is 0.339 e. The van der Waals surface area contributed by atoms with E-state index in [4.69, 9.17) is 20.5 Å². The van der Waals surface area contributed by atoms with Gasteiger partial charge >= 0.3 is 10.1 Å². The van der Waals surface area contributed by atoms with Crippen molar-refractivity contribution in [2.24, 2.45) is 0 Å². The Morgan fingerprint density at radius 3 is 2.45 bits per heavy atom. The fourth-order valence-electron chi connectivity index (χ4n) is 3.56. The second-order valence-corrected chi connectivity index (χ2v) is 11.0. The molecule has 3 amide bonds. The zero-order chi connectivity index (χ0) is 27.4. The molecule has 3 aromatic rings. The van der Waals surface area contributed by atoms with Crippen LogP contribution in [0.3, 0.4) is 0 Å². The summed E-state index contributed by atoms with van der Waals surface area (Å²) in [6, 6.07) is 16.9. The zero-order valence-corrected chi connectivity index (χ0v) is 22.5. The maximum absolute atomic E-state index is 13.1. The van der Waals surface area contributed by atoms with Crippen LogP contribution < -0.4 is 14.2 Å². The number of nitrogens with zero attached hydrogens (tertiary/aromatic N) is 1. The van der Waals surface area contributed by atoms with E-state index < -0.39 is 21.3 Å². The van der Waals surface area contributed by atoms with Crippen LogP contribution in [0, 0.1) is 0 Å². The van der Waals surface area contributed by atoms with Crippen molar-refractivity contribution in [2.75, 3.05) is 12.4 Å². The van der Waals surface area contributed by atoms with Gasteiger partial charge in [0, 0.05) is 23.2 Å². The first-order valence-corrected chi connectivity index (χ1v) is 13.7. The largest absolute Gasteiger partial charge is 0.493 e. The van der Waals surface area contributed by atoms with Crippen LogP contribution in [0.15, 0.2) is 76.5 Å². The van der Waals surface area contributed by atoms with E-state index in [2.05, 4.69) is 5.32 Å². The van der Waals surface area contributed by atoms with Crippen LogP contribution in [0.25, 0.3) is 6.08 Å². The summed E-state index contributed by atoms with van der Waals surface area (Å²) in [7, 11) is -2.98. The second kappa shape index (κ2) is 11.3. The number of imide groups is 1. The highest BCUT2D eigenvalue weighted by Gasteiger charge is 2.35. The van der Waals surface area contributed by atoms with E-state index in [1.165, 1.54) is 56.5 Å². The van der Waals surface area contributed by atoms with Crippen molar-refractivity contribution in [3.63, 3.8) is 0 Å². The molecule has 0 radical (unpaired) electrons. The van der Waals surface area contributed by atoms with Gasteiger partial charge in [-0.25, -0.2) is 0 Å². The lowest BCUT2D eigenvalue weighted by molar-refractivity contribution is -0.123. The predicted molar refractivity (Wildman–Crippen MR) is 145 cm³/mol. The molecule has 1 heterocycles. The van der Waals surface area contributed by atoms with E-state index in [0.717, 1.165) is 16.7 Å². The number of amides is 3. The molecule has 0 aromatic heterocycles. The SMILES string of the molecule is COc1cccc(/C=C2\SC(=O)N(Cc3cccc(Cl)c3)C2=O)c1OS(=O)(=O)c1ccc(NC(C)=O)cc1. The van der Waals surface area contributed by atoms with Crippen molar-refractivity contribution >= 4 is 62.3 Å². The number of nitrogens with one attached hydrogen (secondary N) is 1. The molecule has 0 bridgehead atoms. The third-order valence-electron chi connectivity index (χ3n) is 5.28. The molecule has 0 saturated carbocycles. The Morgan fingerprint density at radius 1 is 1.08 bits per heavy atom. The first-order chi connectivity index (χ1) is 18.1. The number of hydrogen-bond donors (Lipinski definition) is 1. The number of thioether (sulfide) groups is 1. The van der Waals surface area contributed by atoms with Crippen molar-refractivity contribution in [2.45, 2.75) is 18.4 Å². The highest BCUT2D eigenvalue weighted by atomic mass is 35.5. The fourth-order valence-corrected chi connectivity index (χ4v) is 5.56. The summed E-state index contributed by atoms with van der Waals surface area (Å²) in [5.74, 6) is -0.879. The molecule has 1 fully saturated rings. The average Bonchev–Trinajstić information content (AvgIpc) is 3.12. The number of para-hydroxylation sites is 1. The summed E-state index contributed by atoms with van der Waals surface area (Å²) in [6.07, 6.45) is 1.39. The fraction of sp³-hybridized carbons (Fsp3) is 0.115. The minimum absolute atomic E-state index is 0.0346. The molecule has 9 nitrogen and oxygen atoms in total. The standard InChI is InChI=1S/C26H21ClN2O7S2/c1-16(30)28-20-9-11-21(12-10-20)38(33,34)36-24-18(6-4-8-22(24)35-2)14-23-25(31)29(26(32)37-23)15-17-5-3-7-19(27)13-17/h3-14H,15H2,1-2H3,(H,28,30)/b23-14-. The Balaban J connectivity index is 1.63. The number of carbonyl (C=O) groups excluding carboxylic acids is 3. The summed E-state index contributed by atoms with van der Waals surface area (Å²) in [6.45, 7) is 1.37. The third-order valence-corrected chi connectivity index (χ3v) is 7.65. The van der Waals surface area contributed by atoms with Crippen LogP contribution >= 0.6 is 23.4 Å². The van der Waals surface area contributed by atoms with Gasteiger partial charge in [0.2, 0.25) is 5.91 Å². The number of methoxy groups -OCH3 is 1. The Hall–Kier alpha value is -3.80. The number of halogens is 1. The van der Waals surface area contributed by atoms with Crippen molar-refractivity contribution in [3.8, 4) is 11.5 Å². The summed E-state index contributed by atoms with van der Waals surface area (Å²) in [5.41, 5.74) is 1.32. The van der Waals surface area contributed by atoms with Crippen LogP contribution in [0.1, 0.15) is 18.1 Å². The minimum atomic E-state index is -4.33. The van der Waals surface area contributed by atoms with E-state index in [0.29, 0.717) is 16.3 Å². The van der Waals surface area contributed by atoms with Crippen LogP contribution in [-0.4, -0.2) is 37.5 Å². The van der Waals surface area contributed by atoms with E-state index in [1.807, 2.05) is 0 Å². The maximum atomic E-state index is 13.1. The van der Waals surface area contributed by atoms with Gasteiger partial charge in [-0.05, 0) is 65.9 Å². The normalized spacial score (nSPS) is 14.6. The van der Waals surface area contributed by atoms with Gasteiger partial charge in [0.15, 0.2) is 11.5 Å². The Morgan fingerprint density at radius 2 is 1.79 bits per heavy atom. The average molecular weight is 573 g/mol. The number of benzene rings is 3. The summed E-state index contributed by atoms with van der Waals surface area (Å²) >= 11 is 6.74. The topological polar surface area (TPSA) is 119 Å². The molecule has 12 heteroatoms. The lowest BCUT2D eigenvalue weighted by Gasteiger charge is -2.14. The van der Waals surface area contributed by atoms with Gasteiger partial charge in [-0.3, -0.25) is 19.3 Å². The molecule has 1 aliphatic rings. The van der Waals surface area contributed by atoms with Gasteiger partial charge < -0.3 is 14.2 Å². The molecular formula is C26H21ClN2O7S2. The minimum Gasteiger partial charge on any atom is -0.493 e. The predicted octanol–water partition coefficient (Wildman–Crippen LogP) is 5.31. The first-order valence-electron chi connectivity index (χ1n) is 11.1. The zero-order valence-electron chi connectivity index (χ0n) is 20.1. The number of rotatable bonds is 8. The van der Waals surface area contributed by atoms with E-state index in [1.54, 1.807) is 30.3 Å². The van der Waals surface area contributed by atoms with Gasteiger partial charge in [-0.1, -0.05) is 35.9 Å². The highest BCUT2D eigenvalue weighted by Crippen LogP contribution is 2.39. The third kappa shape index (κ3) is 6.18. The monoisotopic (exact) mass is 572 g/mol. The molecule has 4 rings (SSSR count). The van der Waals surface area contributed by atoms with E-state index >= 15 is 0 Å². The number of carbonyl (C=O) groups is 3. The molecular weight excluding hydrogens is 552 g/mol. The Kier molecular flexibility index (Phi) is 8.10. The number of hydrogen-bond acceptors (Lipinski definition) is 8. The van der Waals surface area contributed by atoms with Gasteiger partial charge in [0.1, 0.15) is 4.90 Å². The first kappa shape index (κ1) is 27.2. The summed E-state index contributed by atoms with van der Waals surface area (Å²) in [5, 5.41) is 2.56. The molecule has 1 saturated heterocycles. The van der Waals surface area contributed by atoms with Gasteiger partial charge in [-0.15, -0.1) is 0 Å². The molecule has 38 heavy (non-hydrogen) atoms. The molecule has 3 aromatic carbocycles. The molecule has 0 spiro atoms. The lowest BCUT2D eigenvalue weighted by Crippen LogP contribution is -2.27. The van der Waals surface area contributed by atoms with Crippen LogP contribution in [0.5, 0.6) is 11.5 Å². The van der Waals surface area contributed by atoms with Gasteiger partial charge in [0.05, 0.1) is 18.6 Å². The van der Waals surface area contributed by atoms with Gasteiger partial charge in [0.25, 0.3) is 11.1 Å². The quantitative estimate of drug-likeness (QED) is 0.285. The van der Waals surface area contributed by atoms with Crippen molar-refractivity contribution in [1.82, 2.24) is 4.90 Å². The summed E-state index contributed by atoms with van der Waals surface area (Å²) in [4.78, 5) is 37.9. The van der Waals surface area contributed by atoms with Crippen LogP contribution in [0.4, 0.5) is 10.5 Å². The smallest absolute Gasteiger partial charge is 0.339 e. The van der Waals surface area contributed by atoms with E-state index in [9.17, 15) is 22.8 Å². The van der Waals surface area contributed by atoms with Crippen molar-refractivity contribution < 1.29 is 31.7 Å². The Bertz CT molecular complexity index is 1550.